The van der Waals surface area contributed by atoms with E-state index in [0.29, 0.717) is 22.7 Å². The third-order valence-electron chi connectivity index (χ3n) is 2.92. The minimum absolute atomic E-state index is 0.278. The van der Waals surface area contributed by atoms with E-state index < -0.39 is 17.9 Å². The van der Waals surface area contributed by atoms with Crippen molar-refractivity contribution < 1.29 is 23.8 Å². The van der Waals surface area contributed by atoms with Gasteiger partial charge in [-0.2, -0.15) is 0 Å². The fraction of sp³-hybridized carbons (Fsp3) is 0.571. The van der Waals surface area contributed by atoms with Crippen LogP contribution in [0, 0.1) is 5.92 Å². The standard InChI is InChI=1S/C14H20O5/c1-6-17-13(15)11-8(3)12(14(16)18-7-2)10(5)19-9(11)4/h8H,6-7H2,1-5H3. The van der Waals surface area contributed by atoms with Crippen molar-refractivity contribution in [2.45, 2.75) is 34.6 Å². The van der Waals surface area contributed by atoms with Gasteiger partial charge in [0.25, 0.3) is 0 Å². The van der Waals surface area contributed by atoms with Crippen LogP contribution in [0.2, 0.25) is 0 Å². The van der Waals surface area contributed by atoms with E-state index in [0.717, 1.165) is 0 Å². The van der Waals surface area contributed by atoms with Crippen LogP contribution in [0.15, 0.2) is 22.7 Å². The molecule has 0 amide bonds. The van der Waals surface area contributed by atoms with Gasteiger partial charge in [-0.25, -0.2) is 9.59 Å². The molecule has 0 aromatic carbocycles. The van der Waals surface area contributed by atoms with Gasteiger partial charge in [-0.15, -0.1) is 0 Å². The highest BCUT2D eigenvalue weighted by Crippen LogP contribution is 2.34. The minimum Gasteiger partial charge on any atom is -0.466 e. The van der Waals surface area contributed by atoms with Gasteiger partial charge in [-0.05, 0) is 27.7 Å². The molecule has 0 spiro atoms. The molecule has 5 heteroatoms. The fourth-order valence-electron chi connectivity index (χ4n) is 2.15. The zero-order chi connectivity index (χ0) is 14.6. The maximum Gasteiger partial charge on any atom is 0.338 e. The summed E-state index contributed by atoms with van der Waals surface area (Å²) in [7, 11) is 0. The molecule has 1 aliphatic heterocycles. The van der Waals surface area contributed by atoms with Gasteiger partial charge >= 0.3 is 11.9 Å². The smallest absolute Gasteiger partial charge is 0.338 e. The van der Waals surface area contributed by atoms with Crippen LogP contribution >= 0.6 is 0 Å². The summed E-state index contributed by atoms with van der Waals surface area (Å²) >= 11 is 0. The lowest BCUT2D eigenvalue weighted by Gasteiger charge is -2.26. The number of rotatable bonds is 4. The highest BCUT2D eigenvalue weighted by atomic mass is 16.5. The van der Waals surface area contributed by atoms with E-state index in [2.05, 4.69) is 0 Å². The number of allylic oxidation sites excluding steroid dienone is 2. The first-order valence-corrected chi connectivity index (χ1v) is 6.37. The highest BCUT2D eigenvalue weighted by Gasteiger charge is 2.35. The van der Waals surface area contributed by atoms with E-state index >= 15 is 0 Å². The molecule has 0 fully saturated rings. The van der Waals surface area contributed by atoms with Gasteiger partial charge in [0.2, 0.25) is 0 Å². The molecular formula is C14H20O5. The molecule has 106 valence electrons. The van der Waals surface area contributed by atoms with Gasteiger partial charge in [0.15, 0.2) is 0 Å². The second-order valence-electron chi connectivity index (χ2n) is 4.20. The number of carbonyl (C=O) groups excluding carboxylic acids is 2. The summed E-state index contributed by atoms with van der Waals surface area (Å²) in [4.78, 5) is 23.8. The Morgan fingerprint density at radius 2 is 1.37 bits per heavy atom. The number of esters is 2. The molecular weight excluding hydrogens is 248 g/mol. The maximum absolute atomic E-state index is 11.9. The van der Waals surface area contributed by atoms with E-state index in [9.17, 15) is 9.59 Å². The minimum atomic E-state index is -0.457. The largest absolute Gasteiger partial charge is 0.466 e. The normalized spacial score (nSPS) is 16.3. The molecule has 0 aliphatic carbocycles. The Hall–Kier alpha value is -1.78. The average molecular weight is 268 g/mol. The van der Waals surface area contributed by atoms with Crippen LogP contribution in [-0.4, -0.2) is 25.2 Å². The molecule has 0 aromatic heterocycles. The van der Waals surface area contributed by atoms with Gasteiger partial charge in [-0.1, -0.05) is 6.92 Å². The van der Waals surface area contributed by atoms with Crippen LogP contribution in [-0.2, 0) is 23.8 Å². The molecule has 1 heterocycles. The van der Waals surface area contributed by atoms with Gasteiger partial charge in [0, 0.05) is 5.92 Å². The van der Waals surface area contributed by atoms with Crippen molar-refractivity contribution in [3.05, 3.63) is 22.7 Å². The van der Waals surface area contributed by atoms with Crippen molar-refractivity contribution in [3.63, 3.8) is 0 Å². The van der Waals surface area contributed by atoms with Gasteiger partial charge in [-0.3, -0.25) is 0 Å². The molecule has 0 N–H and O–H groups in total. The van der Waals surface area contributed by atoms with Crippen molar-refractivity contribution >= 4 is 11.9 Å². The van der Waals surface area contributed by atoms with Crippen LogP contribution in [0.4, 0.5) is 0 Å². The summed E-state index contributed by atoms with van der Waals surface area (Å²) in [6.45, 7) is 9.17. The molecule has 0 bridgehead atoms. The molecule has 0 saturated heterocycles. The molecule has 5 nitrogen and oxygen atoms in total. The number of hydrogen-bond acceptors (Lipinski definition) is 5. The molecule has 0 atom stereocenters. The lowest BCUT2D eigenvalue weighted by Crippen LogP contribution is -2.27. The molecule has 0 saturated carbocycles. The monoisotopic (exact) mass is 268 g/mol. The summed E-state index contributed by atoms with van der Waals surface area (Å²) in [5, 5.41) is 0. The number of hydrogen-bond donors (Lipinski definition) is 0. The molecule has 0 radical (unpaired) electrons. The van der Waals surface area contributed by atoms with E-state index in [4.69, 9.17) is 14.2 Å². The second-order valence-corrected chi connectivity index (χ2v) is 4.20. The summed E-state index contributed by atoms with van der Waals surface area (Å²) in [5.74, 6) is -0.372. The van der Waals surface area contributed by atoms with Crippen LogP contribution < -0.4 is 0 Å². The summed E-state index contributed by atoms with van der Waals surface area (Å²) < 4.78 is 15.5. The van der Waals surface area contributed by atoms with Crippen LogP contribution in [0.5, 0.6) is 0 Å². The van der Waals surface area contributed by atoms with Crippen LogP contribution in [0.1, 0.15) is 34.6 Å². The quantitative estimate of drug-likeness (QED) is 0.732. The Balaban J connectivity index is 3.08. The molecule has 19 heavy (non-hydrogen) atoms. The Morgan fingerprint density at radius 3 is 1.68 bits per heavy atom. The van der Waals surface area contributed by atoms with Crippen molar-refractivity contribution in [2.24, 2.45) is 5.92 Å². The lowest BCUT2D eigenvalue weighted by molar-refractivity contribution is -0.140. The predicted octanol–water partition coefficient (Wildman–Crippen LogP) is 2.33. The summed E-state index contributed by atoms with van der Waals surface area (Å²) in [6.07, 6.45) is 0. The first-order valence-electron chi connectivity index (χ1n) is 6.37. The molecule has 1 rings (SSSR count). The van der Waals surface area contributed by atoms with Gasteiger partial charge in [0.1, 0.15) is 11.5 Å². The summed E-state index contributed by atoms with van der Waals surface area (Å²) in [5.41, 5.74) is 0.742. The van der Waals surface area contributed by atoms with Crippen molar-refractivity contribution in [1.29, 1.82) is 0 Å². The summed E-state index contributed by atoms with van der Waals surface area (Å²) in [6, 6.07) is 0. The fourth-order valence-corrected chi connectivity index (χ4v) is 2.15. The lowest BCUT2D eigenvalue weighted by atomic mass is 9.89. The SMILES string of the molecule is CCOC(=O)C1=C(C)OC(C)=C(C(=O)OCC)C1C. The van der Waals surface area contributed by atoms with Crippen LogP contribution in [0.25, 0.3) is 0 Å². The third-order valence-corrected chi connectivity index (χ3v) is 2.92. The Labute approximate surface area is 113 Å². The molecule has 0 aromatic rings. The molecule has 0 unspecified atom stereocenters. The van der Waals surface area contributed by atoms with Crippen LogP contribution in [0.3, 0.4) is 0 Å². The Kier molecular flexibility index (Phi) is 5.15. The highest BCUT2D eigenvalue weighted by molar-refractivity contribution is 5.97. The van der Waals surface area contributed by atoms with Gasteiger partial charge < -0.3 is 14.2 Å². The second kappa shape index (κ2) is 6.41. The van der Waals surface area contributed by atoms with Crippen molar-refractivity contribution in [3.8, 4) is 0 Å². The molecule has 1 aliphatic rings. The predicted molar refractivity (Wildman–Crippen MR) is 68.9 cm³/mol. The number of ether oxygens (including phenoxy) is 3. The first-order chi connectivity index (χ1) is 8.93. The topological polar surface area (TPSA) is 61.8 Å². The van der Waals surface area contributed by atoms with E-state index in [1.807, 2.05) is 0 Å². The van der Waals surface area contributed by atoms with E-state index in [1.54, 1.807) is 34.6 Å². The average Bonchev–Trinajstić information content (AvgIpc) is 2.28. The third kappa shape index (κ3) is 3.16. The first kappa shape index (κ1) is 15.3. The number of carbonyl (C=O) groups is 2. The Morgan fingerprint density at radius 1 is 1.00 bits per heavy atom. The van der Waals surface area contributed by atoms with E-state index in [-0.39, 0.29) is 13.2 Å². The zero-order valence-electron chi connectivity index (χ0n) is 12.0. The van der Waals surface area contributed by atoms with Crippen molar-refractivity contribution in [1.82, 2.24) is 0 Å². The Bertz CT molecular complexity index is 405. The van der Waals surface area contributed by atoms with Crippen molar-refractivity contribution in [2.75, 3.05) is 13.2 Å². The van der Waals surface area contributed by atoms with E-state index in [1.165, 1.54) is 0 Å². The maximum atomic E-state index is 11.9. The zero-order valence-corrected chi connectivity index (χ0v) is 12.0. The van der Waals surface area contributed by atoms with Gasteiger partial charge in [0.05, 0.1) is 24.4 Å².